The van der Waals surface area contributed by atoms with E-state index in [2.05, 4.69) is 41.0 Å². The van der Waals surface area contributed by atoms with Crippen molar-refractivity contribution in [2.24, 2.45) is 5.41 Å². The van der Waals surface area contributed by atoms with Crippen molar-refractivity contribution in [3.63, 3.8) is 0 Å². The molecule has 1 aromatic carbocycles. The molecule has 2 aromatic heterocycles. The van der Waals surface area contributed by atoms with Crippen LogP contribution in [0.5, 0.6) is 0 Å². The van der Waals surface area contributed by atoms with Gasteiger partial charge in [0.05, 0.1) is 17.4 Å². The second kappa shape index (κ2) is 8.38. The smallest absolute Gasteiger partial charge is 0.217 e. The van der Waals surface area contributed by atoms with E-state index in [9.17, 15) is 9.18 Å². The highest BCUT2D eigenvalue weighted by atomic mass is 19.1. The number of aromatic nitrogens is 3. The summed E-state index contributed by atoms with van der Waals surface area (Å²) in [7, 11) is 0. The van der Waals surface area contributed by atoms with E-state index in [1.165, 1.54) is 19.2 Å². The quantitative estimate of drug-likeness (QED) is 0.616. The molecule has 1 amide bonds. The van der Waals surface area contributed by atoms with Crippen molar-refractivity contribution in [3.8, 4) is 11.3 Å². The van der Waals surface area contributed by atoms with E-state index in [1.807, 2.05) is 37.4 Å². The molecule has 0 saturated carbocycles. The van der Waals surface area contributed by atoms with Crippen LogP contribution in [0.1, 0.15) is 51.7 Å². The average Bonchev–Trinajstić information content (AvgIpc) is 3.10. The molecule has 0 radical (unpaired) electrons. The Morgan fingerprint density at radius 2 is 1.70 bits per heavy atom. The number of nitrogens with one attached hydrogen (secondary N) is 2. The molecule has 6 heteroatoms. The number of pyridine rings is 1. The van der Waals surface area contributed by atoms with Gasteiger partial charge in [0.25, 0.3) is 0 Å². The third-order valence-electron chi connectivity index (χ3n) is 4.86. The van der Waals surface area contributed by atoms with Crippen molar-refractivity contribution in [1.82, 2.24) is 20.3 Å². The standard InChI is InChI=1S/C24H29FN4O/c1-16(30)29-24(5,22-27-15-20(28-22)13-23(2,3)4)12-17-6-8-18(9-7-17)21-11-10-19(25)14-26-21/h6-11,14-15H,12-13H2,1-5H3,(H,27,28)(H,29,30). The summed E-state index contributed by atoms with van der Waals surface area (Å²) in [6, 6.07) is 11.0. The third-order valence-corrected chi connectivity index (χ3v) is 4.86. The van der Waals surface area contributed by atoms with E-state index in [0.29, 0.717) is 12.1 Å². The van der Waals surface area contributed by atoms with Crippen molar-refractivity contribution in [3.05, 3.63) is 71.7 Å². The second-order valence-corrected chi connectivity index (χ2v) is 9.24. The first-order valence-corrected chi connectivity index (χ1v) is 10.1. The maximum absolute atomic E-state index is 13.1. The molecule has 1 atom stereocenters. The van der Waals surface area contributed by atoms with E-state index in [1.54, 1.807) is 6.07 Å². The number of aromatic amines is 1. The molecule has 0 aliphatic carbocycles. The lowest BCUT2D eigenvalue weighted by molar-refractivity contribution is -0.120. The molecule has 0 fully saturated rings. The Bertz CT molecular complexity index is 1000. The molecule has 3 rings (SSSR count). The Morgan fingerprint density at radius 3 is 2.27 bits per heavy atom. The van der Waals surface area contributed by atoms with Crippen LogP contribution >= 0.6 is 0 Å². The number of amides is 1. The topological polar surface area (TPSA) is 70.7 Å². The minimum absolute atomic E-state index is 0.113. The molecule has 0 bridgehead atoms. The van der Waals surface area contributed by atoms with Crippen LogP contribution in [-0.4, -0.2) is 20.9 Å². The van der Waals surface area contributed by atoms with Gasteiger partial charge >= 0.3 is 0 Å². The predicted octanol–water partition coefficient (Wildman–Crippen LogP) is 4.79. The van der Waals surface area contributed by atoms with Gasteiger partial charge in [-0.2, -0.15) is 0 Å². The van der Waals surface area contributed by atoms with Gasteiger partial charge in [-0.1, -0.05) is 45.0 Å². The van der Waals surface area contributed by atoms with Gasteiger partial charge in [-0.15, -0.1) is 0 Å². The zero-order valence-electron chi connectivity index (χ0n) is 18.2. The average molecular weight is 409 g/mol. The van der Waals surface area contributed by atoms with Crippen LogP contribution in [0.3, 0.4) is 0 Å². The number of carbonyl (C=O) groups is 1. The van der Waals surface area contributed by atoms with Crippen LogP contribution in [-0.2, 0) is 23.2 Å². The number of imidazole rings is 1. The van der Waals surface area contributed by atoms with Crippen LogP contribution in [0.15, 0.2) is 48.8 Å². The molecule has 5 nitrogen and oxygen atoms in total. The second-order valence-electron chi connectivity index (χ2n) is 9.24. The highest BCUT2D eigenvalue weighted by Crippen LogP contribution is 2.27. The summed E-state index contributed by atoms with van der Waals surface area (Å²) >= 11 is 0. The zero-order valence-corrected chi connectivity index (χ0v) is 18.2. The lowest BCUT2D eigenvalue weighted by Gasteiger charge is -2.29. The number of carbonyl (C=O) groups excluding carboxylic acids is 1. The Morgan fingerprint density at radius 1 is 1.00 bits per heavy atom. The molecular weight excluding hydrogens is 379 g/mol. The number of H-pyrrole nitrogens is 1. The highest BCUT2D eigenvalue weighted by Gasteiger charge is 2.31. The lowest BCUT2D eigenvalue weighted by Crippen LogP contribution is -2.45. The molecule has 0 saturated heterocycles. The predicted molar refractivity (Wildman–Crippen MR) is 116 cm³/mol. The molecule has 0 aliphatic rings. The van der Waals surface area contributed by atoms with E-state index in [0.717, 1.165) is 29.1 Å². The van der Waals surface area contributed by atoms with Crippen molar-refractivity contribution in [2.75, 3.05) is 0 Å². The van der Waals surface area contributed by atoms with Gasteiger partial charge < -0.3 is 10.3 Å². The van der Waals surface area contributed by atoms with Crippen LogP contribution in [0, 0.1) is 11.2 Å². The maximum Gasteiger partial charge on any atom is 0.217 e. The first-order valence-electron chi connectivity index (χ1n) is 10.1. The van der Waals surface area contributed by atoms with Crippen LogP contribution in [0.2, 0.25) is 0 Å². The first-order chi connectivity index (χ1) is 14.0. The van der Waals surface area contributed by atoms with Crippen molar-refractivity contribution >= 4 is 5.91 Å². The van der Waals surface area contributed by atoms with E-state index in [4.69, 9.17) is 0 Å². The largest absolute Gasteiger partial charge is 0.344 e. The van der Waals surface area contributed by atoms with E-state index < -0.39 is 5.54 Å². The van der Waals surface area contributed by atoms with E-state index in [-0.39, 0.29) is 17.1 Å². The SMILES string of the molecule is CC(=O)NC(C)(Cc1ccc(-c2ccc(F)cn2)cc1)c1ncc(CC(C)(C)C)[nH]1. The first kappa shape index (κ1) is 21.7. The fourth-order valence-corrected chi connectivity index (χ4v) is 3.62. The number of halogens is 1. The summed E-state index contributed by atoms with van der Waals surface area (Å²) in [6.07, 6.45) is 4.51. The lowest BCUT2D eigenvalue weighted by atomic mass is 9.90. The Hall–Kier alpha value is -3.02. The van der Waals surface area contributed by atoms with Gasteiger partial charge in [0, 0.05) is 30.8 Å². The molecule has 2 N–H and O–H groups in total. The highest BCUT2D eigenvalue weighted by molar-refractivity contribution is 5.74. The van der Waals surface area contributed by atoms with Gasteiger partial charge in [0.15, 0.2) is 0 Å². The number of rotatable bonds is 6. The van der Waals surface area contributed by atoms with Gasteiger partial charge in [-0.3, -0.25) is 9.78 Å². The fourth-order valence-electron chi connectivity index (χ4n) is 3.62. The number of hydrogen-bond donors (Lipinski definition) is 2. The third kappa shape index (κ3) is 5.53. The normalized spacial score (nSPS) is 13.7. The van der Waals surface area contributed by atoms with Gasteiger partial charge in [-0.25, -0.2) is 9.37 Å². The molecule has 0 aliphatic heterocycles. The summed E-state index contributed by atoms with van der Waals surface area (Å²) < 4.78 is 13.1. The summed E-state index contributed by atoms with van der Waals surface area (Å²) in [5.41, 5.74) is 3.18. The minimum atomic E-state index is -0.669. The number of nitrogens with zero attached hydrogens (tertiary/aromatic N) is 2. The Labute approximate surface area is 177 Å². The monoisotopic (exact) mass is 408 g/mol. The molecule has 2 heterocycles. The fraction of sp³-hybridized carbons (Fsp3) is 0.375. The summed E-state index contributed by atoms with van der Waals surface area (Å²) in [4.78, 5) is 24.0. The van der Waals surface area contributed by atoms with Crippen LogP contribution < -0.4 is 5.32 Å². The summed E-state index contributed by atoms with van der Waals surface area (Å²) in [5, 5.41) is 3.06. The summed E-state index contributed by atoms with van der Waals surface area (Å²) in [5.74, 6) is 0.269. The molecule has 0 spiro atoms. The van der Waals surface area contributed by atoms with Crippen LogP contribution in [0.25, 0.3) is 11.3 Å². The molecule has 1 unspecified atom stereocenters. The van der Waals surface area contributed by atoms with Crippen LogP contribution in [0.4, 0.5) is 4.39 Å². The van der Waals surface area contributed by atoms with Gasteiger partial charge in [0.1, 0.15) is 11.6 Å². The Balaban J connectivity index is 1.84. The molecule has 3 aromatic rings. The molecular formula is C24H29FN4O. The Kier molecular flexibility index (Phi) is 6.06. The van der Waals surface area contributed by atoms with Crippen molar-refractivity contribution in [2.45, 2.75) is 53.0 Å². The van der Waals surface area contributed by atoms with Gasteiger partial charge in [0.2, 0.25) is 5.91 Å². The molecule has 30 heavy (non-hydrogen) atoms. The number of hydrogen-bond acceptors (Lipinski definition) is 3. The van der Waals surface area contributed by atoms with Gasteiger partial charge in [-0.05, 0) is 36.5 Å². The van der Waals surface area contributed by atoms with Crippen molar-refractivity contribution < 1.29 is 9.18 Å². The zero-order chi connectivity index (χ0) is 21.9. The minimum Gasteiger partial charge on any atom is -0.344 e. The summed E-state index contributed by atoms with van der Waals surface area (Å²) in [6.45, 7) is 10.0. The molecule has 158 valence electrons. The maximum atomic E-state index is 13.1. The van der Waals surface area contributed by atoms with E-state index >= 15 is 0 Å². The number of benzene rings is 1. The van der Waals surface area contributed by atoms with Crippen molar-refractivity contribution in [1.29, 1.82) is 0 Å².